The van der Waals surface area contributed by atoms with E-state index in [0.717, 1.165) is 19.5 Å². The SMILES string of the molecule is CCO[C@@H]1CCNC[C@H]1NC(=O)OC(C)(C)C. The van der Waals surface area contributed by atoms with Crippen LogP contribution in [0.25, 0.3) is 0 Å². The van der Waals surface area contributed by atoms with Crippen LogP contribution in [0.5, 0.6) is 0 Å². The third-order valence-corrected chi connectivity index (χ3v) is 2.50. The van der Waals surface area contributed by atoms with Gasteiger partial charge in [-0.3, -0.25) is 0 Å². The number of rotatable bonds is 3. The standard InChI is InChI=1S/C12H24N2O3/c1-5-16-10-6-7-13-8-9(10)14-11(15)17-12(2,3)4/h9-10,13H,5-8H2,1-4H3,(H,14,15)/t9-,10-/m1/s1. The first-order valence-corrected chi connectivity index (χ1v) is 6.24. The van der Waals surface area contributed by atoms with Gasteiger partial charge in [-0.1, -0.05) is 0 Å². The molecule has 100 valence electrons. The number of nitrogens with one attached hydrogen (secondary N) is 2. The van der Waals surface area contributed by atoms with Crippen LogP contribution in [0.1, 0.15) is 34.1 Å². The minimum absolute atomic E-state index is 0.0152. The number of carbonyl (C=O) groups excluding carboxylic acids is 1. The van der Waals surface area contributed by atoms with E-state index in [1.165, 1.54) is 0 Å². The lowest BCUT2D eigenvalue weighted by Gasteiger charge is -2.33. The van der Waals surface area contributed by atoms with Crippen molar-refractivity contribution >= 4 is 6.09 Å². The summed E-state index contributed by atoms with van der Waals surface area (Å²) in [5.41, 5.74) is -0.465. The average molecular weight is 244 g/mol. The minimum atomic E-state index is -0.465. The van der Waals surface area contributed by atoms with Crippen LogP contribution in [0, 0.1) is 0 Å². The van der Waals surface area contributed by atoms with Gasteiger partial charge in [0.05, 0.1) is 12.1 Å². The van der Waals surface area contributed by atoms with Crippen molar-refractivity contribution in [2.45, 2.75) is 51.9 Å². The molecule has 2 atom stereocenters. The van der Waals surface area contributed by atoms with Gasteiger partial charge in [0.1, 0.15) is 5.60 Å². The van der Waals surface area contributed by atoms with Gasteiger partial charge in [0.15, 0.2) is 0 Å². The van der Waals surface area contributed by atoms with Crippen LogP contribution in [0.15, 0.2) is 0 Å². The summed E-state index contributed by atoms with van der Waals surface area (Å²) in [6, 6.07) is -0.0152. The quantitative estimate of drug-likeness (QED) is 0.785. The Morgan fingerprint density at radius 3 is 2.76 bits per heavy atom. The van der Waals surface area contributed by atoms with Gasteiger partial charge in [-0.15, -0.1) is 0 Å². The van der Waals surface area contributed by atoms with E-state index in [1.54, 1.807) is 0 Å². The highest BCUT2D eigenvalue weighted by Gasteiger charge is 2.28. The smallest absolute Gasteiger partial charge is 0.408 e. The summed E-state index contributed by atoms with van der Waals surface area (Å²) in [5.74, 6) is 0. The number of carbonyl (C=O) groups is 1. The van der Waals surface area contributed by atoms with E-state index < -0.39 is 5.60 Å². The summed E-state index contributed by atoms with van der Waals surface area (Å²) >= 11 is 0. The monoisotopic (exact) mass is 244 g/mol. The third kappa shape index (κ3) is 5.37. The van der Waals surface area contributed by atoms with Crippen molar-refractivity contribution in [3.63, 3.8) is 0 Å². The Balaban J connectivity index is 2.44. The molecule has 0 unspecified atom stereocenters. The summed E-state index contributed by atoms with van der Waals surface area (Å²) in [4.78, 5) is 11.7. The van der Waals surface area contributed by atoms with Gasteiger partial charge >= 0.3 is 6.09 Å². The van der Waals surface area contributed by atoms with Gasteiger partial charge in [0, 0.05) is 13.2 Å². The van der Waals surface area contributed by atoms with Gasteiger partial charge in [0.2, 0.25) is 0 Å². The zero-order chi connectivity index (χ0) is 12.9. The van der Waals surface area contributed by atoms with Crippen LogP contribution in [0.3, 0.4) is 0 Å². The first kappa shape index (κ1) is 14.3. The minimum Gasteiger partial charge on any atom is -0.444 e. The maximum atomic E-state index is 11.7. The Kier molecular flexibility index (Phi) is 5.21. The summed E-state index contributed by atoms with van der Waals surface area (Å²) in [7, 11) is 0. The maximum absolute atomic E-state index is 11.7. The van der Waals surface area contributed by atoms with Crippen molar-refractivity contribution in [3.8, 4) is 0 Å². The van der Waals surface area contributed by atoms with Crippen LogP contribution in [0.2, 0.25) is 0 Å². The maximum Gasteiger partial charge on any atom is 0.408 e. The topological polar surface area (TPSA) is 59.6 Å². The molecule has 0 saturated carbocycles. The molecule has 5 heteroatoms. The predicted molar refractivity (Wildman–Crippen MR) is 66.1 cm³/mol. The molecule has 0 bridgehead atoms. The molecule has 2 N–H and O–H groups in total. The molecule has 0 aromatic heterocycles. The number of ether oxygens (including phenoxy) is 2. The molecule has 1 saturated heterocycles. The predicted octanol–water partition coefficient (Wildman–Crippen LogP) is 1.28. The lowest BCUT2D eigenvalue weighted by atomic mass is 10.0. The lowest BCUT2D eigenvalue weighted by molar-refractivity contribution is 0.00725. The second-order valence-electron chi connectivity index (χ2n) is 5.24. The van der Waals surface area contributed by atoms with E-state index in [2.05, 4.69) is 10.6 Å². The fraction of sp³-hybridized carbons (Fsp3) is 0.917. The summed E-state index contributed by atoms with van der Waals surface area (Å²) in [5, 5.41) is 6.10. The molecular weight excluding hydrogens is 220 g/mol. The van der Waals surface area contributed by atoms with E-state index >= 15 is 0 Å². The molecule has 1 heterocycles. The van der Waals surface area contributed by atoms with E-state index in [4.69, 9.17) is 9.47 Å². The molecule has 5 nitrogen and oxygen atoms in total. The highest BCUT2D eigenvalue weighted by atomic mass is 16.6. The van der Waals surface area contributed by atoms with E-state index in [9.17, 15) is 4.79 Å². The first-order valence-electron chi connectivity index (χ1n) is 6.24. The zero-order valence-electron chi connectivity index (χ0n) is 11.2. The van der Waals surface area contributed by atoms with Crippen molar-refractivity contribution in [1.82, 2.24) is 10.6 Å². The van der Waals surface area contributed by atoms with Crippen LogP contribution in [-0.4, -0.2) is 43.5 Å². The molecule has 1 aliphatic rings. The first-order chi connectivity index (χ1) is 7.92. The molecule has 0 aliphatic carbocycles. The fourth-order valence-electron chi connectivity index (χ4n) is 1.85. The van der Waals surface area contributed by atoms with E-state index in [0.29, 0.717) is 6.61 Å². The van der Waals surface area contributed by atoms with Gasteiger partial charge in [-0.25, -0.2) is 4.79 Å². The number of hydrogen-bond acceptors (Lipinski definition) is 4. The normalized spacial score (nSPS) is 25.4. The Hall–Kier alpha value is -0.810. The molecule has 1 fully saturated rings. The average Bonchev–Trinajstić information content (AvgIpc) is 2.18. The van der Waals surface area contributed by atoms with Crippen molar-refractivity contribution < 1.29 is 14.3 Å². The third-order valence-electron chi connectivity index (χ3n) is 2.50. The van der Waals surface area contributed by atoms with Crippen molar-refractivity contribution in [1.29, 1.82) is 0 Å². The molecule has 0 aromatic rings. The Morgan fingerprint density at radius 1 is 1.47 bits per heavy atom. The highest BCUT2D eigenvalue weighted by Crippen LogP contribution is 2.11. The highest BCUT2D eigenvalue weighted by molar-refractivity contribution is 5.68. The van der Waals surface area contributed by atoms with Gasteiger partial charge in [0.25, 0.3) is 0 Å². The van der Waals surface area contributed by atoms with Crippen LogP contribution in [0.4, 0.5) is 4.79 Å². The number of hydrogen-bond donors (Lipinski definition) is 2. The molecule has 0 aromatic carbocycles. The Morgan fingerprint density at radius 2 is 2.18 bits per heavy atom. The summed E-state index contributed by atoms with van der Waals surface area (Å²) in [6.07, 6.45) is 0.610. The lowest BCUT2D eigenvalue weighted by Crippen LogP contribution is -2.55. The second-order valence-corrected chi connectivity index (χ2v) is 5.24. The van der Waals surface area contributed by atoms with E-state index in [1.807, 2.05) is 27.7 Å². The second kappa shape index (κ2) is 6.21. The molecule has 1 amide bonds. The number of piperidine rings is 1. The van der Waals surface area contributed by atoms with Crippen LogP contribution in [-0.2, 0) is 9.47 Å². The van der Waals surface area contributed by atoms with Crippen LogP contribution < -0.4 is 10.6 Å². The largest absolute Gasteiger partial charge is 0.444 e. The van der Waals surface area contributed by atoms with Gasteiger partial charge in [-0.05, 0) is 40.7 Å². The molecule has 1 aliphatic heterocycles. The van der Waals surface area contributed by atoms with Crippen molar-refractivity contribution in [3.05, 3.63) is 0 Å². The van der Waals surface area contributed by atoms with E-state index in [-0.39, 0.29) is 18.2 Å². The Bertz CT molecular complexity index is 249. The van der Waals surface area contributed by atoms with Gasteiger partial charge < -0.3 is 20.1 Å². The van der Waals surface area contributed by atoms with Crippen LogP contribution >= 0.6 is 0 Å². The Labute approximate surface area is 103 Å². The molecule has 17 heavy (non-hydrogen) atoms. The van der Waals surface area contributed by atoms with Crippen molar-refractivity contribution in [2.24, 2.45) is 0 Å². The molecule has 0 spiro atoms. The summed E-state index contributed by atoms with van der Waals surface area (Å²) in [6.45, 7) is 9.84. The molecule has 1 rings (SSSR count). The fourth-order valence-corrected chi connectivity index (χ4v) is 1.85. The molecular formula is C12H24N2O3. The zero-order valence-corrected chi connectivity index (χ0v) is 11.2. The number of amides is 1. The number of alkyl carbamates (subject to hydrolysis) is 1. The summed E-state index contributed by atoms with van der Waals surface area (Å²) < 4.78 is 10.8. The van der Waals surface area contributed by atoms with Gasteiger partial charge in [-0.2, -0.15) is 0 Å². The molecule has 0 radical (unpaired) electrons. The van der Waals surface area contributed by atoms with Crippen molar-refractivity contribution in [2.75, 3.05) is 19.7 Å².